The first kappa shape index (κ1) is 21.9. The Hall–Kier alpha value is -1.84. The summed E-state index contributed by atoms with van der Waals surface area (Å²) in [4.78, 5) is 2.16. The summed E-state index contributed by atoms with van der Waals surface area (Å²) in [5.41, 5.74) is 0.302. The number of alkyl halides is 3. The second-order valence-electron chi connectivity index (χ2n) is 7.53. The lowest BCUT2D eigenvalue weighted by Gasteiger charge is -2.31. The summed E-state index contributed by atoms with van der Waals surface area (Å²) < 4.78 is 70.7. The lowest BCUT2D eigenvalue weighted by atomic mass is 9.97. The molecule has 1 N–H and O–H groups in total. The van der Waals surface area contributed by atoms with Crippen molar-refractivity contribution in [2.45, 2.75) is 44.3 Å². The Balaban J connectivity index is 1.50. The van der Waals surface area contributed by atoms with Crippen molar-refractivity contribution in [3.63, 3.8) is 0 Å². The molecule has 0 unspecified atom stereocenters. The average Bonchev–Trinajstić information content (AvgIpc) is 2.97. The number of rotatable bonds is 6. The van der Waals surface area contributed by atoms with E-state index in [1.165, 1.54) is 5.56 Å². The Morgan fingerprint density at radius 2 is 1.76 bits per heavy atom. The van der Waals surface area contributed by atoms with Gasteiger partial charge in [-0.3, -0.25) is 4.90 Å². The molecule has 0 bridgehead atoms. The molecule has 1 fully saturated rings. The molecule has 0 atom stereocenters. The van der Waals surface area contributed by atoms with Gasteiger partial charge in [0.15, 0.2) is 0 Å². The van der Waals surface area contributed by atoms with Crippen LogP contribution < -0.4 is 4.72 Å². The number of furan rings is 1. The van der Waals surface area contributed by atoms with Crippen LogP contribution in [0.5, 0.6) is 0 Å². The predicted molar refractivity (Wildman–Crippen MR) is 103 cm³/mol. The molecule has 0 saturated carbocycles. The molecule has 0 radical (unpaired) electrons. The molecule has 2 heterocycles. The number of nitrogens with one attached hydrogen (secondary N) is 1. The second-order valence-corrected chi connectivity index (χ2v) is 9.30. The number of benzene rings is 1. The monoisotopic (exact) mass is 430 g/mol. The topological polar surface area (TPSA) is 62.6 Å². The normalized spacial score (nSPS) is 17.0. The second kappa shape index (κ2) is 8.49. The zero-order valence-electron chi connectivity index (χ0n) is 16.4. The molecule has 3 rings (SSSR count). The molecule has 29 heavy (non-hydrogen) atoms. The first-order valence-corrected chi connectivity index (χ1v) is 11.0. The van der Waals surface area contributed by atoms with E-state index in [9.17, 15) is 21.6 Å². The summed E-state index contributed by atoms with van der Waals surface area (Å²) in [5.74, 6) is 2.02. The van der Waals surface area contributed by atoms with Crippen LogP contribution in [0.15, 0.2) is 39.6 Å². The maximum absolute atomic E-state index is 12.6. The number of halogens is 3. The Labute approximate surface area is 168 Å². The Kier molecular flexibility index (Phi) is 6.40. The summed E-state index contributed by atoms with van der Waals surface area (Å²) in [6.45, 7) is 6.68. The van der Waals surface area contributed by atoms with Crippen LogP contribution >= 0.6 is 0 Å². The fourth-order valence-electron chi connectivity index (χ4n) is 3.56. The number of hydrogen-bond acceptors (Lipinski definition) is 4. The van der Waals surface area contributed by atoms with Gasteiger partial charge in [0.1, 0.15) is 11.5 Å². The van der Waals surface area contributed by atoms with E-state index in [0.717, 1.165) is 68.3 Å². The van der Waals surface area contributed by atoms with Crippen LogP contribution in [-0.2, 0) is 22.7 Å². The number of sulfonamides is 1. The van der Waals surface area contributed by atoms with E-state index in [0.29, 0.717) is 0 Å². The highest BCUT2D eigenvalue weighted by Crippen LogP contribution is 2.29. The van der Waals surface area contributed by atoms with E-state index >= 15 is 0 Å². The molecule has 160 valence electrons. The average molecular weight is 430 g/mol. The summed E-state index contributed by atoms with van der Waals surface area (Å²) in [6.07, 6.45) is -2.78. The maximum Gasteiger partial charge on any atom is 0.416 e. The predicted octanol–water partition coefficient (Wildman–Crippen LogP) is 4.11. The van der Waals surface area contributed by atoms with Gasteiger partial charge in [0.25, 0.3) is 0 Å². The molecule has 1 aromatic heterocycles. The van der Waals surface area contributed by atoms with E-state index in [1.54, 1.807) is 0 Å². The van der Waals surface area contributed by atoms with Gasteiger partial charge in [-0.2, -0.15) is 13.2 Å². The van der Waals surface area contributed by atoms with Crippen LogP contribution in [0.25, 0.3) is 0 Å². The van der Waals surface area contributed by atoms with Crippen molar-refractivity contribution >= 4 is 10.0 Å². The molecule has 9 heteroatoms. The summed E-state index contributed by atoms with van der Waals surface area (Å²) in [7, 11) is -3.83. The van der Waals surface area contributed by atoms with E-state index < -0.39 is 21.8 Å². The van der Waals surface area contributed by atoms with Gasteiger partial charge < -0.3 is 4.42 Å². The van der Waals surface area contributed by atoms with Gasteiger partial charge in [0.2, 0.25) is 10.0 Å². The number of hydrogen-bond donors (Lipinski definition) is 1. The van der Waals surface area contributed by atoms with Crippen LogP contribution in [-0.4, -0.2) is 33.0 Å². The van der Waals surface area contributed by atoms with Crippen LogP contribution in [0.2, 0.25) is 0 Å². The molecule has 1 aliphatic heterocycles. The van der Waals surface area contributed by atoms with Crippen molar-refractivity contribution in [1.82, 2.24) is 9.62 Å². The van der Waals surface area contributed by atoms with Gasteiger partial charge in [-0.25, -0.2) is 13.1 Å². The first-order chi connectivity index (χ1) is 13.5. The highest BCUT2D eigenvalue weighted by atomic mass is 32.2. The number of piperidine rings is 1. The molecular formula is C20H25F3N2O3S. The fraction of sp³-hybridized carbons (Fsp3) is 0.500. The zero-order chi connectivity index (χ0) is 21.2. The van der Waals surface area contributed by atoms with Gasteiger partial charge in [0.05, 0.1) is 10.5 Å². The Morgan fingerprint density at radius 3 is 2.28 bits per heavy atom. The molecule has 0 amide bonds. The SMILES string of the molecule is Cc1cc(CN2CCC(CNS(=O)(=O)c3ccc(C(F)(F)F)cc3)CC2)c(C)o1. The van der Waals surface area contributed by atoms with E-state index in [2.05, 4.69) is 9.62 Å². The van der Waals surface area contributed by atoms with Crippen LogP contribution in [0, 0.1) is 19.8 Å². The van der Waals surface area contributed by atoms with Crippen LogP contribution in [0.3, 0.4) is 0 Å². The molecule has 1 aliphatic rings. The highest BCUT2D eigenvalue weighted by Gasteiger charge is 2.31. The van der Waals surface area contributed by atoms with Crippen molar-refractivity contribution < 1.29 is 26.0 Å². The van der Waals surface area contributed by atoms with Gasteiger partial charge in [-0.05, 0) is 76.0 Å². The minimum atomic E-state index is -4.49. The number of aryl methyl sites for hydroxylation is 2. The standard InChI is InChI=1S/C20H25F3N2O3S/c1-14-11-17(15(2)28-14)13-25-9-7-16(8-10-25)12-24-29(26,27)19-5-3-18(4-6-19)20(21,22)23/h3-6,11,16,24H,7-10,12-13H2,1-2H3. The minimum absolute atomic E-state index is 0.159. The zero-order valence-corrected chi connectivity index (χ0v) is 17.2. The summed E-state index contributed by atoms with van der Waals surface area (Å²) >= 11 is 0. The fourth-order valence-corrected chi connectivity index (χ4v) is 4.68. The molecule has 5 nitrogen and oxygen atoms in total. The van der Waals surface area contributed by atoms with E-state index in [1.807, 2.05) is 19.9 Å². The lowest BCUT2D eigenvalue weighted by molar-refractivity contribution is -0.137. The molecule has 0 spiro atoms. The lowest BCUT2D eigenvalue weighted by Crippen LogP contribution is -2.38. The maximum atomic E-state index is 12.6. The molecule has 0 aliphatic carbocycles. The van der Waals surface area contributed by atoms with Crippen molar-refractivity contribution in [3.05, 3.63) is 53.0 Å². The van der Waals surface area contributed by atoms with Gasteiger partial charge in [-0.15, -0.1) is 0 Å². The number of nitrogens with zero attached hydrogens (tertiary/aromatic N) is 1. The van der Waals surface area contributed by atoms with Crippen molar-refractivity contribution in [3.8, 4) is 0 Å². The van der Waals surface area contributed by atoms with Crippen molar-refractivity contribution in [2.24, 2.45) is 5.92 Å². The van der Waals surface area contributed by atoms with Crippen LogP contribution in [0.4, 0.5) is 13.2 Å². The highest BCUT2D eigenvalue weighted by molar-refractivity contribution is 7.89. The molecule has 2 aromatic rings. The quantitative estimate of drug-likeness (QED) is 0.749. The Bertz CT molecular complexity index is 929. The smallest absolute Gasteiger partial charge is 0.416 e. The van der Waals surface area contributed by atoms with E-state index in [-0.39, 0.29) is 17.4 Å². The number of likely N-dealkylation sites (tertiary alicyclic amines) is 1. The molecule has 1 aromatic carbocycles. The van der Waals surface area contributed by atoms with E-state index in [4.69, 9.17) is 4.42 Å². The summed E-state index contributed by atoms with van der Waals surface area (Å²) in [5, 5.41) is 0. The largest absolute Gasteiger partial charge is 0.466 e. The van der Waals surface area contributed by atoms with Gasteiger partial charge >= 0.3 is 6.18 Å². The molecular weight excluding hydrogens is 405 g/mol. The molecule has 1 saturated heterocycles. The van der Waals surface area contributed by atoms with Gasteiger partial charge in [-0.1, -0.05) is 0 Å². The first-order valence-electron chi connectivity index (χ1n) is 9.50. The minimum Gasteiger partial charge on any atom is -0.466 e. The summed E-state index contributed by atoms with van der Waals surface area (Å²) in [6, 6.07) is 5.59. The third kappa shape index (κ3) is 5.61. The Morgan fingerprint density at radius 1 is 1.14 bits per heavy atom. The van der Waals surface area contributed by atoms with Gasteiger partial charge in [0, 0.05) is 18.7 Å². The third-order valence-corrected chi connectivity index (χ3v) is 6.74. The third-order valence-electron chi connectivity index (χ3n) is 5.30. The van der Waals surface area contributed by atoms with Crippen LogP contribution in [0.1, 0.15) is 35.5 Å². The van der Waals surface area contributed by atoms with Crippen molar-refractivity contribution in [1.29, 1.82) is 0 Å². The van der Waals surface area contributed by atoms with Crippen molar-refractivity contribution in [2.75, 3.05) is 19.6 Å².